The molecule has 0 aliphatic heterocycles. The zero-order valence-electron chi connectivity index (χ0n) is 11.4. The second-order valence-electron chi connectivity index (χ2n) is 5.25. The van der Waals surface area contributed by atoms with E-state index in [9.17, 15) is 0 Å². The van der Waals surface area contributed by atoms with Gasteiger partial charge in [-0.25, -0.2) is 9.97 Å². The van der Waals surface area contributed by atoms with Crippen molar-refractivity contribution in [2.45, 2.75) is 68.8 Å². The molecule has 1 aromatic rings. The Morgan fingerprint density at radius 1 is 1.06 bits per heavy atom. The Labute approximate surface area is 114 Å². The summed E-state index contributed by atoms with van der Waals surface area (Å²) in [5.41, 5.74) is 8.39. The lowest BCUT2D eigenvalue weighted by Crippen LogP contribution is -2.33. The summed E-state index contributed by atoms with van der Waals surface area (Å²) in [7, 11) is 0. The number of nitrogens with zero attached hydrogens (tertiary/aromatic N) is 2. The lowest BCUT2D eigenvalue weighted by molar-refractivity contribution is 0.463. The first-order chi connectivity index (χ1) is 8.65. The van der Waals surface area contributed by atoms with Crippen LogP contribution >= 0.6 is 11.8 Å². The molecule has 0 amide bonds. The molecule has 2 unspecified atom stereocenters. The van der Waals surface area contributed by atoms with E-state index in [4.69, 9.17) is 5.73 Å². The summed E-state index contributed by atoms with van der Waals surface area (Å²) in [6, 6.07) is 2.31. The molecule has 100 valence electrons. The highest BCUT2D eigenvalue weighted by Crippen LogP contribution is 2.30. The van der Waals surface area contributed by atoms with Crippen molar-refractivity contribution in [3.8, 4) is 0 Å². The third kappa shape index (κ3) is 3.95. The Morgan fingerprint density at radius 3 is 2.33 bits per heavy atom. The highest BCUT2D eigenvalue weighted by Gasteiger charge is 2.21. The van der Waals surface area contributed by atoms with E-state index in [0.29, 0.717) is 11.3 Å². The second kappa shape index (κ2) is 6.53. The molecule has 1 aliphatic rings. The number of hydrogen-bond donors (Lipinski definition) is 1. The lowest BCUT2D eigenvalue weighted by Gasteiger charge is -2.25. The van der Waals surface area contributed by atoms with Gasteiger partial charge in [-0.1, -0.05) is 37.4 Å². The van der Waals surface area contributed by atoms with Gasteiger partial charge in [0, 0.05) is 22.7 Å². The van der Waals surface area contributed by atoms with Gasteiger partial charge in [0.05, 0.1) is 0 Å². The molecule has 18 heavy (non-hydrogen) atoms. The van der Waals surface area contributed by atoms with Gasteiger partial charge in [-0.05, 0) is 32.8 Å². The van der Waals surface area contributed by atoms with Crippen LogP contribution in [0.25, 0.3) is 0 Å². The van der Waals surface area contributed by atoms with Gasteiger partial charge < -0.3 is 5.73 Å². The monoisotopic (exact) mass is 265 g/mol. The van der Waals surface area contributed by atoms with Gasteiger partial charge in [0.15, 0.2) is 5.16 Å². The lowest BCUT2D eigenvalue weighted by atomic mass is 9.97. The minimum atomic E-state index is 0.291. The quantitative estimate of drug-likeness (QED) is 0.834. The van der Waals surface area contributed by atoms with Gasteiger partial charge in [0.2, 0.25) is 0 Å². The van der Waals surface area contributed by atoms with Crippen LogP contribution in [0.4, 0.5) is 0 Å². The second-order valence-corrected chi connectivity index (χ2v) is 6.45. The molecule has 0 radical (unpaired) electrons. The summed E-state index contributed by atoms with van der Waals surface area (Å²) in [5, 5.41) is 1.38. The third-order valence-electron chi connectivity index (χ3n) is 3.47. The Morgan fingerprint density at radius 2 is 1.67 bits per heavy atom. The predicted octanol–water partition coefficient (Wildman–Crippen LogP) is 3.24. The van der Waals surface area contributed by atoms with E-state index in [1.807, 2.05) is 19.9 Å². The first-order valence-corrected chi connectivity index (χ1v) is 7.77. The number of aromatic nitrogens is 2. The molecular weight excluding hydrogens is 242 g/mol. The third-order valence-corrected chi connectivity index (χ3v) is 4.75. The van der Waals surface area contributed by atoms with Crippen molar-refractivity contribution < 1.29 is 0 Å². The fourth-order valence-electron chi connectivity index (χ4n) is 2.51. The maximum atomic E-state index is 6.30. The standard InChI is InChI=1S/C14H23N3S/c1-10-9-11(2)17-14(16-10)18-13-8-6-4-3-5-7-12(13)15/h9,12-13H,3-8,15H2,1-2H3. The molecule has 0 aromatic carbocycles. The van der Waals surface area contributed by atoms with Gasteiger partial charge in [-0.2, -0.15) is 0 Å². The summed E-state index contributed by atoms with van der Waals surface area (Å²) in [6.45, 7) is 4.05. The van der Waals surface area contributed by atoms with E-state index >= 15 is 0 Å². The van der Waals surface area contributed by atoms with Crippen molar-refractivity contribution in [3.05, 3.63) is 17.5 Å². The average molecular weight is 265 g/mol. The van der Waals surface area contributed by atoms with Gasteiger partial charge in [0.1, 0.15) is 0 Å². The van der Waals surface area contributed by atoms with E-state index in [1.54, 1.807) is 11.8 Å². The molecule has 1 fully saturated rings. The molecule has 1 aliphatic carbocycles. The number of hydrogen-bond acceptors (Lipinski definition) is 4. The van der Waals surface area contributed by atoms with E-state index in [1.165, 1.54) is 32.1 Å². The number of nitrogens with two attached hydrogens (primary N) is 1. The normalized spacial score (nSPS) is 25.5. The maximum Gasteiger partial charge on any atom is 0.188 e. The van der Waals surface area contributed by atoms with Crippen LogP contribution in [0.1, 0.15) is 49.9 Å². The molecule has 0 bridgehead atoms. The smallest absolute Gasteiger partial charge is 0.188 e. The van der Waals surface area contributed by atoms with Crippen LogP contribution in [-0.4, -0.2) is 21.3 Å². The Balaban J connectivity index is 2.05. The Bertz CT molecular complexity index is 374. The zero-order chi connectivity index (χ0) is 13.0. The van der Waals surface area contributed by atoms with Crippen molar-refractivity contribution in [1.82, 2.24) is 9.97 Å². The fraction of sp³-hybridized carbons (Fsp3) is 0.714. The summed E-state index contributed by atoms with van der Waals surface area (Å²) in [5.74, 6) is 0. The highest BCUT2D eigenvalue weighted by molar-refractivity contribution is 7.99. The molecule has 0 saturated heterocycles. The van der Waals surface area contributed by atoms with Crippen LogP contribution in [0.5, 0.6) is 0 Å². The fourth-order valence-corrected chi connectivity index (χ4v) is 3.77. The van der Waals surface area contributed by atoms with E-state index in [2.05, 4.69) is 9.97 Å². The summed E-state index contributed by atoms with van der Waals surface area (Å²) < 4.78 is 0. The molecule has 2 N–H and O–H groups in total. The summed E-state index contributed by atoms with van der Waals surface area (Å²) in [6.07, 6.45) is 7.58. The van der Waals surface area contributed by atoms with Crippen LogP contribution in [0.3, 0.4) is 0 Å². The van der Waals surface area contributed by atoms with Gasteiger partial charge in [-0.15, -0.1) is 0 Å². The first kappa shape index (κ1) is 13.8. The molecule has 3 nitrogen and oxygen atoms in total. The van der Waals surface area contributed by atoms with E-state index < -0.39 is 0 Å². The van der Waals surface area contributed by atoms with E-state index in [-0.39, 0.29) is 0 Å². The largest absolute Gasteiger partial charge is 0.327 e. The number of thioether (sulfide) groups is 1. The predicted molar refractivity (Wildman–Crippen MR) is 76.8 cm³/mol. The minimum Gasteiger partial charge on any atom is -0.327 e. The molecule has 4 heteroatoms. The topological polar surface area (TPSA) is 51.8 Å². The molecule has 0 spiro atoms. The van der Waals surface area contributed by atoms with E-state index in [0.717, 1.165) is 23.0 Å². The number of aryl methyl sites for hydroxylation is 2. The van der Waals surface area contributed by atoms with Crippen LogP contribution in [0.15, 0.2) is 11.2 Å². The van der Waals surface area contributed by atoms with Gasteiger partial charge in [-0.3, -0.25) is 0 Å². The van der Waals surface area contributed by atoms with Crippen molar-refractivity contribution in [1.29, 1.82) is 0 Å². The van der Waals surface area contributed by atoms with Gasteiger partial charge >= 0.3 is 0 Å². The molecule has 2 rings (SSSR count). The molecule has 1 aromatic heterocycles. The zero-order valence-corrected chi connectivity index (χ0v) is 12.2. The van der Waals surface area contributed by atoms with Crippen molar-refractivity contribution in [2.75, 3.05) is 0 Å². The van der Waals surface area contributed by atoms with Crippen molar-refractivity contribution in [2.24, 2.45) is 5.73 Å². The average Bonchev–Trinajstić information content (AvgIpc) is 2.28. The Kier molecular flexibility index (Phi) is 5.01. The first-order valence-electron chi connectivity index (χ1n) is 6.89. The molecular formula is C14H23N3S. The van der Waals surface area contributed by atoms with Crippen LogP contribution in [0.2, 0.25) is 0 Å². The van der Waals surface area contributed by atoms with Crippen molar-refractivity contribution >= 4 is 11.8 Å². The van der Waals surface area contributed by atoms with Crippen molar-refractivity contribution in [3.63, 3.8) is 0 Å². The SMILES string of the molecule is Cc1cc(C)nc(SC2CCCCCCC2N)n1. The Hall–Kier alpha value is -0.610. The molecule has 2 atom stereocenters. The van der Waals surface area contributed by atoms with Crippen LogP contribution < -0.4 is 5.73 Å². The number of rotatable bonds is 2. The highest BCUT2D eigenvalue weighted by atomic mass is 32.2. The maximum absolute atomic E-state index is 6.30. The van der Waals surface area contributed by atoms with Gasteiger partial charge in [0.25, 0.3) is 0 Å². The van der Waals surface area contributed by atoms with Crippen LogP contribution in [-0.2, 0) is 0 Å². The molecule has 1 heterocycles. The molecule has 1 saturated carbocycles. The summed E-state index contributed by atoms with van der Waals surface area (Å²) >= 11 is 1.78. The van der Waals surface area contributed by atoms with Crippen LogP contribution in [0, 0.1) is 13.8 Å². The summed E-state index contributed by atoms with van der Waals surface area (Å²) in [4.78, 5) is 9.03. The minimum absolute atomic E-state index is 0.291.